The van der Waals surface area contributed by atoms with Crippen LogP contribution >= 0.6 is 0 Å². The maximum atomic E-state index is 13.0. The van der Waals surface area contributed by atoms with Gasteiger partial charge >= 0.3 is 12.1 Å². The predicted octanol–water partition coefficient (Wildman–Crippen LogP) is 5.70. The first-order chi connectivity index (χ1) is 17.1. The van der Waals surface area contributed by atoms with Gasteiger partial charge in [0, 0.05) is 12.0 Å². The molecule has 1 atom stereocenters. The molecule has 4 aromatic carbocycles. The smallest absolute Gasteiger partial charge is 0.408 e. The van der Waals surface area contributed by atoms with Crippen molar-refractivity contribution in [2.24, 2.45) is 0 Å². The summed E-state index contributed by atoms with van der Waals surface area (Å²) in [4.78, 5) is 38.4. The number of hydrogen-bond acceptors (Lipinski definition) is 5. The molecule has 0 heterocycles. The molecular formula is C29H25NO5. The van der Waals surface area contributed by atoms with Crippen LogP contribution in [-0.4, -0.2) is 23.9 Å². The highest BCUT2D eigenvalue weighted by atomic mass is 16.6. The number of Topliss-reactive ketones (excluding diaryl/α,β-unsaturated/α-hetero) is 1. The maximum absolute atomic E-state index is 13.0. The number of benzene rings is 4. The van der Waals surface area contributed by atoms with E-state index in [0.717, 1.165) is 16.3 Å². The van der Waals surface area contributed by atoms with Gasteiger partial charge < -0.3 is 14.8 Å². The standard InChI is InChI=1S/C29H25NO5/c31-27(25-17-9-13-22-12-7-8-16-24(22)25)19-18-26(28(32)35-23-14-5-2-6-15-23)30-29(33)34-20-21-10-3-1-4-11-21/h1-17,26H,18-20H2,(H,30,33). The Morgan fingerprint density at radius 3 is 2.17 bits per heavy atom. The molecule has 0 saturated carbocycles. The first-order valence-electron chi connectivity index (χ1n) is 11.3. The Balaban J connectivity index is 1.44. The van der Waals surface area contributed by atoms with Crippen LogP contribution in [0.3, 0.4) is 0 Å². The third kappa shape index (κ3) is 6.54. The maximum Gasteiger partial charge on any atom is 0.408 e. The summed E-state index contributed by atoms with van der Waals surface area (Å²) in [7, 11) is 0. The van der Waals surface area contributed by atoms with Gasteiger partial charge in [-0.2, -0.15) is 0 Å². The summed E-state index contributed by atoms with van der Waals surface area (Å²) in [6.45, 7) is 0.0576. The molecule has 0 spiro atoms. The second kappa shape index (κ2) is 11.6. The van der Waals surface area contributed by atoms with Gasteiger partial charge in [0.1, 0.15) is 18.4 Å². The van der Waals surface area contributed by atoms with Crippen molar-refractivity contribution < 1.29 is 23.9 Å². The van der Waals surface area contributed by atoms with E-state index in [4.69, 9.17) is 9.47 Å². The van der Waals surface area contributed by atoms with Gasteiger partial charge in [-0.25, -0.2) is 9.59 Å². The fourth-order valence-electron chi connectivity index (χ4n) is 3.71. The van der Waals surface area contributed by atoms with E-state index in [0.29, 0.717) is 11.3 Å². The van der Waals surface area contributed by atoms with Crippen LogP contribution in [0.1, 0.15) is 28.8 Å². The number of carbonyl (C=O) groups is 3. The van der Waals surface area contributed by atoms with Crippen molar-refractivity contribution in [3.63, 3.8) is 0 Å². The summed E-state index contributed by atoms with van der Waals surface area (Å²) in [6, 6.07) is 29.9. The Morgan fingerprint density at radius 1 is 0.743 bits per heavy atom. The highest BCUT2D eigenvalue weighted by Gasteiger charge is 2.25. The van der Waals surface area contributed by atoms with Crippen LogP contribution in [0.5, 0.6) is 5.75 Å². The van der Waals surface area contributed by atoms with E-state index in [-0.39, 0.29) is 25.2 Å². The van der Waals surface area contributed by atoms with Crippen LogP contribution < -0.4 is 10.1 Å². The van der Waals surface area contributed by atoms with E-state index in [1.807, 2.05) is 66.7 Å². The summed E-state index contributed by atoms with van der Waals surface area (Å²) in [5.41, 5.74) is 1.39. The van der Waals surface area contributed by atoms with Gasteiger partial charge in [0.25, 0.3) is 0 Å². The molecule has 1 amide bonds. The van der Waals surface area contributed by atoms with E-state index in [1.54, 1.807) is 36.4 Å². The first-order valence-corrected chi connectivity index (χ1v) is 11.3. The molecule has 0 aliphatic heterocycles. The lowest BCUT2D eigenvalue weighted by Gasteiger charge is -2.17. The van der Waals surface area contributed by atoms with Crippen molar-refractivity contribution in [3.8, 4) is 5.75 Å². The normalized spacial score (nSPS) is 11.4. The summed E-state index contributed by atoms with van der Waals surface area (Å²) in [5, 5.41) is 4.37. The fourth-order valence-corrected chi connectivity index (χ4v) is 3.71. The monoisotopic (exact) mass is 467 g/mol. The molecular weight excluding hydrogens is 442 g/mol. The highest BCUT2D eigenvalue weighted by Crippen LogP contribution is 2.21. The average molecular weight is 468 g/mol. The minimum absolute atomic E-state index is 0.0432. The van der Waals surface area contributed by atoms with Crippen molar-refractivity contribution in [3.05, 3.63) is 114 Å². The van der Waals surface area contributed by atoms with Crippen molar-refractivity contribution in [2.45, 2.75) is 25.5 Å². The number of rotatable bonds is 9. The summed E-state index contributed by atoms with van der Waals surface area (Å²) >= 11 is 0. The number of esters is 1. The number of ketones is 1. The molecule has 0 aliphatic carbocycles. The number of ether oxygens (including phenoxy) is 2. The Bertz CT molecular complexity index is 1300. The molecule has 0 fully saturated rings. The second-order valence-electron chi connectivity index (χ2n) is 7.98. The van der Waals surface area contributed by atoms with Gasteiger partial charge in [-0.1, -0.05) is 91.0 Å². The lowest BCUT2D eigenvalue weighted by Crippen LogP contribution is -2.43. The number of nitrogens with one attached hydrogen (secondary N) is 1. The van der Waals surface area contributed by atoms with E-state index >= 15 is 0 Å². The minimum Gasteiger partial charge on any atom is -0.445 e. The lowest BCUT2D eigenvalue weighted by molar-refractivity contribution is -0.136. The topological polar surface area (TPSA) is 81.7 Å². The van der Waals surface area contributed by atoms with E-state index in [1.165, 1.54) is 0 Å². The van der Waals surface area contributed by atoms with Gasteiger partial charge in [0.15, 0.2) is 5.78 Å². The van der Waals surface area contributed by atoms with Crippen molar-refractivity contribution in [1.82, 2.24) is 5.32 Å². The third-order valence-electron chi connectivity index (χ3n) is 5.50. The molecule has 0 aromatic heterocycles. The van der Waals surface area contributed by atoms with Crippen LogP contribution in [0.15, 0.2) is 103 Å². The van der Waals surface area contributed by atoms with Crippen LogP contribution in [0, 0.1) is 0 Å². The number of amides is 1. The highest BCUT2D eigenvalue weighted by molar-refractivity contribution is 6.08. The van der Waals surface area contributed by atoms with Crippen LogP contribution in [0.4, 0.5) is 4.79 Å². The minimum atomic E-state index is -1.06. The van der Waals surface area contributed by atoms with E-state index < -0.39 is 18.1 Å². The predicted molar refractivity (Wildman–Crippen MR) is 133 cm³/mol. The molecule has 0 bridgehead atoms. The van der Waals surface area contributed by atoms with Crippen molar-refractivity contribution >= 4 is 28.6 Å². The van der Waals surface area contributed by atoms with Crippen LogP contribution in [0.25, 0.3) is 10.8 Å². The van der Waals surface area contributed by atoms with Crippen molar-refractivity contribution in [1.29, 1.82) is 0 Å². The zero-order valence-corrected chi connectivity index (χ0v) is 19.1. The summed E-state index contributed by atoms with van der Waals surface area (Å²) < 4.78 is 10.7. The number of para-hydroxylation sites is 1. The number of fused-ring (bicyclic) bond motifs is 1. The molecule has 0 radical (unpaired) electrons. The molecule has 6 nitrogen and oxygen atoms in total. The van der Waals surface area contributed by atoms with Gasteiger partial charge in [-0.15, -0.1) is 0 Å². The molecule has 1 N–H and O–H groups in total. The lowest BCUT2D eigenvalue weighted by atomic mass is 9.97. The van der Waals surface area contributed by atoms with Gasteiger partial charge in [-0.3, -0.25) is 4.79 Å². The largest absolute Gasteiger partial charge is 0.445 e. The fraction of sp³-hybridized carbons (Fsp3) is 0.138. The first kappa shape index (κ1) is 23.7. The molecule has 35 heavy (non-hydrogen) atoms. The molecule has 4 rings (SSSR count). The molecule has 176 valence electrons. The zero-order valence-electron chi connectivity index (χ0n) is 19.1. The summed E-state index contributed by atoms with van der Waals surface area (Å²) in [6.07, 6.45) is -0.656. The Morgan fingerprint density at radius 2 is 1.40 bits per heavy atom. The number of hydrogen-bond donors (Lipinski definition) is 1. The van der Waals surface area contributed by atoms with E-state index in [2.05, 4.69) is 5.32 Å². The Labute approximate surface area is 203 Å². The Kier molecular flexibility index (Phi) is 7.86. The third-order valence-corrected chi connectivity index (χ3v) is 5.50. The number of alkyl carbamates (subject to hydrolysis) is 1. The van der Waals surface area contributed by atoms with Gasteiger partial charge in [0.2, 0.25) is 0 Å². The zero-order chi connectivity index (χ0) is 24.5. The SMILES string of the molecule is O=C(NC(CCC(=O)c1cccc2ccccc12)C(=O)Oc1ccccc1)OCc1ccccc1. The molecule has 6 heteroatoms. The van der Waals surface area contributed by atoms with E-state index in [9.17, 15) is 14.4 Å². The van der Waals surface area contributed by atoms with Crippen molar-refractivity contribution in [2.75, 3.05) is 0 Å². The summed E-state index contributed by atoms with van der Waals surface area (Å²) in [5.74, 6) is -0.445. The molecule has 0 saturated heterocycles. The molecule has 4 aromatic rings. The Hall–Kier alpha value is -4.45. The second-order valence-corrected chi connectivity index (χ2v) is 7.98. The average Bonchev–Trinajstić information content (AvgIpc) is 2.90. The number of carbonyl (C=O) groups excluding carboxylic acids is 3. The molecule has 1 unspecified atom stereocenters. The van der Waals surface area contributed by atoms with Gasteiger partial charge in [-0.05, 0) is 34.9 Å². The van der Waals surface area contributed by atoms with Crippen LogP contribution in [0.2, 0.25) is 0 Å². The van der Waals surface area contributed by atoms with Crippen LogP contribution in [-0.2, 0) is 16.1 Å². The molecule has 0 aliphatic rings. The quantitative estimate of drug-likeness (QED) is 0.194. The van der Waals surface area contributed by atoms with Gasteiger partial charge in [0.05, 0.1) is 0 Å².